The van der Waals surface area contributed by atoms with Crippen LogP contribution in [-0.2, 0) is 0 Å². The average molecular weight is 414 g/mol. The van der Waals surface area contributed by atoms with E-state index in [1.54, 1.807) is 24.3 Å². The second-order valence-electron chi connectivity index (χ2n) is 4.19. The van der Waals surface area contributed by atoms with Gasteiger partial charge in [0.05, 0.1) is 11.1 Å². The second kappa shape index (κ2) is 6.28. The summed E-state index contributed by atoms with van der Waals surface area (Å²) >= 11 is 6.42. The minimum Gasteiger partial charge on any atom is -0.478 e. The Balaban J connectivity index is 2.29. The first-order valence-corrected chi connectivity index (χ1v) is 7.36. The van der Waals surface area contributed by atoms with Gasteiger partial charge in [0.25, 0.3) is 5.91 Å². The van der Waals surface area contributed by atoms with E-state index >= 15 is 0 Å². The third-order valence-electron chi connectivity index (χ3n) is 2.69. The lowest BCUT2D eigenvalue weighted by molar-refractivity contribution is 0.0695. The zero-order valence-corrected chi connectivity index (χ0v) is 13.7. The first-order chi connectivity index (χ1) is 9.88. The number of carboxylic acids is 1. The van der Waals surface area contributed by atoms with Gasteiger partial charge in [0, 0.05) is 20.3 Å². The van der Waals surface area contributed by atoms with Gasteiger partial charge in [-0.1, -0.05) is 0 Å². The molecule has 0 saturated heterocycles. The van der Waals surface area contributed by atoms with Crippen molar-refractivity contribution in [3.8, 4) is 0 Å². The highest BCUT2D eigenvalue weighted by atomic mass is 79.9. The maximum Gasteiger partial charge on any atom is 0.336 e. The predicted octanol–water partition coefficient (Wildman–Crippen LogP) is 3.74. The van der Waals surface area contributed by atoms with E-state index in [-0.39, 0.29) is 11.5 Å². The summed E-state index contributed by atoms with van der Waals surface area (Å²) in [5.74, 6) is -1.46. The van der Waals surface area contributed by atoms with E-state index in [4.69, 9.17) is 10.8 Å². The number of halogens is 2. The van der Waals surface area contributed by atoms with Gasteiger partial charge in [0.1, 0.15) is 0 Å². The van der Waals surface area contributed by atoms with Gasteiger partial charge in [0.2, 0.25) is 0 Å². The van der Waals surface area contributed by atoms with Crippen molar-refractivity contribution in [2.75, 3.05) is 11.1 Å². The Bertz CT molecular complexity index is 732. The van der Waals surface area contributed by atoms with Crippen LogP contribution in [0.3, 0.4) is 0 Å². The number of carbonyl (C=O) groups is 2. The van der Waals surface area contributed by atoms with Crippen LogP contribution in [0.5, 0.6) is 0 Å². The summed E-state index contributed by atoms with van der Waals surface area (Å²) in [4.78, 5) is 23.3. The molecule has 1 amide bonds. The molecule has 7 heteroatoms. The Morgan fingerprint density at radius 2 is 1.62 bits per heavy atom. The second-order valence-corrected chi connectivity index (χ2v) is 5.90. The van der Waals surface area contributed by atoms with E-state index < -0.39 is 5.97 Å². The first kappa shape index (κ1) is 15.5. The van der Waals surface area contributed by atoms with Crippen LogP contribution in [0.4, 0.5) is 11.4 Å². The van der Waals surface area contributed by atoms with Crippen LogP contribution in [-0.4, -0.2) is 17.0 Å². The van der Waals surface area contributed by atoms with E-state index in [1.165, 1.54) is 12.1 Å². The van der Waals surface area contributed by atoms with Crippen LogP contribution in [0.1, 0.15) is 20.7 Å². The minimum absolute atomic E-state index is 0.0689. The molecule has 21 heavy (non-hydrogen) atoms. The number of nitrogens with two attached hydrogens (primary N) is 1. The fraction of sp³-hybridized carbons (Fsp3) is 0. The van der Waals surface area contributed by atoms with Crippen molar-refractivity contribution in [2.24, 2.45) is 0 Å². The van der Waals surface area contributed by atoms with E-state index in [2.05, 4.69) is 37.2 Å². The van der Waals surface area contributed by atoms with Crippen LogP contribution in [0, 0.1) is 0 Å². The molecule has 0 aromatic heterocycles. The molecule has 2 rings (SSSR count). The zero-order valence-electron chi connectivity index (χ0n) is 10.6. The number of carboxylic acid groups (broad SMARTS) is 1. The Kier molecular flexibility index (Phi) is 4.64. The third-order valence-corrected chi connectivity index (χ3v) is 4.07. The highest BCUT2D eigenvalue weighted by Gasteiger charge is 2.13. The van der Waals surface area contributed by atoms with Gasteiger partial charge < -0.3 is 16.2 Å². The van der Waals surface area contributed by atoms with Crippen LogP contribution < -0.4 is 11.1 Å². The SMILES string of the molecule is Nc1ccc(Br)c(C(=O)Nc2ccc(Br)c(C(=O)O)c2)c1. The van der Waals surface area contributed by atoms with Gasteiger partial charge >= 0.3 is 5.97 Å². The molecule has 0 bridgehead atoms. The summed E-state index contributed by atoms with van der Waals surface area (Å²) in [7, 11) is 0. The van der Waals surface area contributed by atoms with E-state index in [0.717, 1.165) is 0 Å². The molecule has 0 atom stereocenters. The minimum atomic E-state index is -1.08. The number of hydrogen-bond acceptors (Lipinski definition) is 3. The quantitative estimate of drug-likeness (QED) is 0.668. The summed E-state index contributed by atoms with van der Waals surface area (Å²) in [5, 5.41) is 11.7. The van der Waals surface area contributed by atoms with Crippen molar-refractivity contribution >= 4 is 55.1 Å². The number of rotatable bonds is 3. The predicted molar refractivity (Wildman–Crippen MR) is 87.6 cm³/mol. The lowest BCUT2D eigenvalue weighted by Gasteiger charge is -2.09. The Morgan fingerprint density at radius 1 is 1.00 bits per heavy atom. The monoisotopic (exact) mass is 412 g/mol. The fourth-order valence-electron chi connectivity index (χ4n) is 1.68. The third kappa shape index (κ3) is 3.62. The summed E-state index contributed by atoms with van der Waals surface area (Å²) in [6, 6.07) is 9.43. The fourth-order valence-corrected chi connectivity index (χ4v) is 2.53. The maximum atomic E-state index is 12.2. The van der Waals surface area contributed by atoms with Gasteiger partial charge in [-0.3, -0.25) is 4.79 Å². The van der Waals surface area contributed by atoms with Gasteiger partial charge in [-0.25, -0.2) is 4.79 Å². The lowest BCUT2D eigenvalue weighted by atomic mass is 10.1. The maximum absolute atomic E-state index is 12.2. The smallest absolute Gasteiger partial charge is 0.336 e. The molecule has 0 saturated carbocycles. The molecule has 5 nitrogen and oxygen atoms in total. The van der Waals surface area contributed by atoms with Crippen LogP contribution in [0.15, 0.2) is 45.3 Å². The molecule has 2 aromatic rings. The van der Waals surface area contributed by atoms with Gasteiger partial charge in [-0.2, -0.15) is 0 Å². The molecule has 0 spiro atoms. The Hall–Kier alpha value is -1.86. The molecule has 0 radical (unpaired) electrons. The molecule has 0 unspecified atom stereocenters. The zero-order chi connectivity index (χ0) is 15.6. The molecule has 0 fully saturated rings. The number of nitrogen functional groups attached to an aromatic ring is 1. The summed E-state index contributed by atoms with van der Waals surface area (Å²) in [6.45, 7) is 0. The molecule has 0 heterocycles. The largest absolute Gasteiger partial charge is 0.478 e. The van der Waals surface area contributed by atoms with Gasteiger partial charge in [-0.05, 0) is 68.3 Å². The molecule has 0 aliphatic heterocycles. The summed E-state index contributed by atoms with van der Waals surface area (Å²) in [5.41, 5.74) is 6.94. The lowest BCUT2D eigenvalue weighted by Crippen LogP contribution is -2.13. The topological polar surface area (TPSA) is 92.4 Å². The molecule has 2 aromatic carbocycles. The molecule has 0 aliphatic rings. The van der Waals surface area contributed by atoms with Crippen molar-refractivity contribution in [2.45, 2.75) is 0 Å². The number of amides is 1. The van der Waals surface area contributed by atoms with Crippen LogP contribution in [0.2, 0.25) is 0 Å². The van der Waals surface area contributed by atoms with Crippen molar-refractivity contribution in [3.05, 3.63) is 56.5 Å². The highest BCUT2D eigenvalue weighted by molar-refractivity contribution is 9.10. The normalized spacial score (nSPS) is 10.2. The van der Waals surface area contributed by atoms with Crippen molar-refractivity contribution in [3.63, 3.8) is 0 Å². The molecule has 4 N–H and O–H groups in total. The molecule has 108 valence electrons. The summed E-state index contributed by atoms with van der Waals surface area (Å²) in [6.07, 6.45) is 0. The van der Waals surface area contributed by atoms with E-state index in [1.807, 2.05) is 0 Å². The van der Waals surface area contributed by atoms with Gasteiger partial charge in [-0.15, -0.1) is 0 Å². The van der Waals surface area contributed by atoms with Crippen molar-refractivity contribution in [1.82, 2.24) is 0 Å². The number of carbonyl (C=O) groups excluding carboxylic acids is 1. The van der Waals surface area contributed by atoms with Crippen molar-refractivity contribution < 1.29 is 14.7 Å². The van der Waals surface area contributed by atoms with Crippen molar-refractivity contribution in [1.29, 1.82) is 0 Å². The Labute approximate surface area is 137 Å². The van der Waals surface area contributed by atoms with E-state index in [0.29, 0.717) is 25.9 Å². The number of benzene rings is 2. The number of aromatic carboxylic acids is 1. The molecule has 0 aliphatic carbocycles. The molecular weight excluding hydrogens is 404 g/mol. The van der Waals surface area contributed by atoms with E-state index in [9.17, 15) is 9.59 Å². The number of anilines is 2. The average Bonchev–Trinajstić information content (AvgIpc) is 2.43. The molecular formula is C14H10Br2N2O3. The number of hydrogen-bond donors (Lipinski definition) is 3. The summed E-state index contributed by atoms with van der Waals surface area (Å²) < 4.78 is 1.04. The van der Waals surface area contributed by atoms with Gasteiger partial charge in [0.15, 0.2) is 0 Å². The standard InChI is InChI=1S/C14H10Br2N2O3/c15-11-3-1-7(17)5-9(11)13(19)18-8-2-4-12(16)10(6-8)14(20)21/h1-6H,17H2,(H,18,19)(H,20,21). The Morgan fingerprint density at radius 3 is 2.29 bits per heavy atom. The highest BCUT2D eigenvalue weighted by Crippen LogP contribution is 2.24. The number of nitrogens with one attached hydrogen (secondary N) is 1. The van der Waals surface area contributed by atoms with Crippen LogP contribution >= 0.6 is 31.9 Å². The van der Waals surface area contributed by atoms with Crippen LogP contribution in [0.25, 0.3) is 0 Å². The first-order valence-electron chi connectivity index (χ1n) is 5.77.